The van der Waals surface area contributed by atoms with Crippen molar-refractivity contribution in [1.82, 2.24) is 15.1 Å². The zero-order valence-corrected chi connectivity index (χ0v) is 19.7. The van der Waals surface area contributed by atoms with Crippen molar-refractivity contribution in [3.63, 3.8) is 0 Å². The van der Waals surface area contributed by atoms with Crippen molar-refractivity contribution in [2.24, 2.45) is 10.8 Å². The number of halogens is 1. The minimum atomic E-state index is -0.341. The molecule has 7 nitrogen and oxygen atoms in total. The number of amides is 1. The second-order valence-electron chi connectivity index (χ2n) is 9.83. The molecule has 1 aromatic heterocycles. The molecule has 2 aliphatic heterocycles. The van der Waals surface area contributed by atoms with E-state index in [1.54, 1.807) is 24.3 Å². The quantitative estimate of drug-likeness (QED) is 0.647. The van der Waals surface area contributed by atoms with Gasteiger partial charge in [-0.15, -0.1) is 0 Å². The van der Waals surface area contributed by atoms with Crippen molar-refractivity contribution in [2.75, 3.05) is 26.4 Å². The van der Waals surface area contributed by atoms with Crippen LogP contribution in [0.2, 0.25) is 5.02 Å². The van der Waals surface area contributed by atoms with Crippen LogP contribution in [0.5, 0.6) is 0 Å². The van der Waals surface area contributed by atoms with E-state index in [4.69, 9.17) is 26.2 Å². The third-order valence-corrected chi connectivity index (χ3v) is 7.70. The van der Waals surface area contributed by atoms with Gasteiger partial charge in [0.25, 0.3) is 5.91 Å². The van der Waals surface area contributed by atoms with Crippen LogP contribution in [0.3, 0.4) is 0 Å². The molecule has 0 radical (unpaired) electrons. The van der Waals surface area contributed by atoms with Crippen molar-refractivity contribution in [3.8, 4) is 0 Å². The lowest BCUT2D eigenvalue weighted by atomic mass is 9.76. The van der Waals surface area contributed by atoms with E-state index in [9.17, 15) is 9.59 Å². The molecule has 3 heterocycles. The number of aromatic nitrogens is 2. The Bertz CT molecular complexity index is 1050. The lowest BCUT2D eigenvalue weighted by Crippen LogP contribution is -2.41. The van der Waals surface area contributed by atoms with Gasteiger partial charge in [0, 0.05) is 30.2 Å². The number of benzene rings is 1. The Labute approximate surface area is 198 Å². The fourth-order valence-electron chi connectivity index (χ4n) is 5.03. The van der Waals surface area contributed by atoms with Crippen LogP contribution >= 0.6 is 11.6 Å². The molecule has 1 saturated carbocycles. The van der Waals surface area contributed by atoms with Crippen LogP contribution in [0, 0.1) is 10.8 Å². The average Bonchev–Trinajstić information content (AvgIpc) is 3.54. The number of carbonyl (C=O) groups is 2. The summed E-state index contributed by atoms with van der Waals surface area (Å²) < 4.78 is 13.3. The zero-order valence-electron chi connectivity index (χ0n) is 19.0. The molecule has 1 aromatic carbocycles. The summed E-state index contributed by atoms with van der Waals surface area (Å²) >= 11 is 5.92. The van der Waals surface area contributed by atoms with Gasteiger partial charge in [-0.1, -0.05) is 18.5 Å². The Hall–Kier alpha value is -2.38. The Morgan fingerprint density at radius 3 is 2.61 bits per heavy atom. The van der Waals surface area contributed by atoms with Gasteiger partial charge in [0.15, 0.2) is 0 Å². The van der Waals surface area contributed by atoms with E-state index in [1.807, 2.05) is 11.6 Å². The Balaban J connectivity index is 1.36. The first kappa shape index (κ1) is 22.4. The van der Waals surface area contributed by atoms with Gasteiger partial charge in [-0.05, 0) is 68.2 Å². The number of hydrogen-bond donors (Lipinski definition) is 1. The highest BCUT2D eigenvalue weighted by molar-refractivity contribution is 6.30. The molecule has 1 amide bonds. The minimum Gasteiger partial charge on any atom is -0.461 e. The third-order valence-electron chi connectivity index (χ3n) is 7.44. The second kappa shape index (κ2) is 8.76. The van der Waals surface area contributed by atoms with E-state index in [2.05, 4.69) is 5.32 Å². The molecule has 176 valence electrons. The van der Waals surface area contributed by atoms with Gasteiger partial charge in [-0.2, -0.15) is 5.10 Å². The molecule has 1 N–H and O–H groups in total. The summed E-state index contributed by atoms with van der Waals surface area (Å²) in [6.07, 6.45) is 5.34. The first-order chi connectivity index (χ1) is 15.9. The highest BCUT2D eigenvalue weighted by Crippen LogP contribution is 2.48. The summed E-state index contributed by atoms with van der Waals surface area (Å²) in [5, 5.41) is 8.62. The summed E-state index contributed by atoms with van der Waals surface area (Å²) in [5.41, 5.74) is 3.00. The fraction of sp³-hybridized carbons (Fsp3) is 0.560. The van der Waals surface area contributed by atoms with Crippen LogP contribution in [0.1, 0.15) is 64.7 Å². The van der Waals surface area contributed by atoms with E-state index < -0.39 is 0 Å². The van der Waals surface area contributed by atoms with Crippen molar-refractivity contribution in [1.29, 1.82) is 0 Å². The van der Waals surface area contributed by atoms with Crippen LogP contribution in [0.4, 0.5) is 0 Å². The van der Waals surface area contributed by atoms with Crippen LogP contribution in [-0.4, -0.2) is 48.0 Å². The second-order valence-corrected chi connectivity index (χ2v) is 10.3. The highest BCUT2D eigenvalue weighted by atomic mass is 35.5. The number of fused-ring (bicyclic) bond motifs is 1. The molecule has 0 bridgehead atoms. The molecular weight excluding hydrogens is 442 g/mol. The monoisotopic (exact) mass is 471 g/mol. The standard InChI is InChI=1S/C25H30ClN3O4/c1-2-19-21-20(13-24(14-27-22(21)30)9-11-32-12-10-24)29(28-19)15-25(7-8-25)16-33-23(31)17-3-5-18(26)6-4-17/h3-6H,2,7-16H2,1H3,(H,27,30). The van der Waals surface area contributed by atoms with Gasteiger partial charge in [-0.25, -0.2) is 4.79 Å². The maximum atomic E-state index is 13.0. The molecule has 1 aliphatic carbocycles. The number of carbonyl (C=O) groups excluding carboxylic acids is 2. The Kier molecular flexibility index (Phi) is 5.95. The molecule has 3 aliphatic rings. The zero-order chi connectivity index (χ0) is 23.1. The van der Waals surface area contributed by atoms with Crippen LogP contribution in [0.15, 0.2) is 24.3 Å². The molecule has 2 aromatic rings. The fourth-order valence-corrected chi connectivity index (χ4v) is 5.16. The number of ether oxygens (including phenoxy) is 2. The van der Waals surface area contributed by atoms with E-state index >= 15 is 0 Å². The molecule has 33 heavy (non-hydrogen) atoms. The first-order valence-corrected chi connectivity index (χ1v) is 12.2. The Morgan fingerprint density at radius 2 is 1.94 bits per heavy atom. The molecule has 1 spiro atoms. The predicted octanol–water partition coefficient (Wildman–Crippen LogP) is 3.82. The summed E-state index contributed by atoms with van der Waals surface area (Å²) in [7, 11) is 0. The summed E-state index contributed by atoms with van der Waals surface area (Å²) in [6.45, 7) is 5.17. The van der Waals surface area contributed by atoms with Crippen LogP contribution in [0.25, 0.3) is 0 Å². The number of hydrogen-bond acceptors (Lipinski definition) is 5. The summed E-state index contributed by atoms with van der Waals surface area (Å²) in [4.78, 5) is 25.5. The molecule has 8 heteroatoms. The van der Waals surface area contributed by atoms with Gasteiger partial charge in [-0.3, -0.25) is 9.48 Å². The normalized spacial score (nSPS) is 20.6. The third kappa shape index (κ3) is 4.53. The minimum absolute atomic E-state index is 0.0136. The topological polar surface area (TPSA) is 82.5 Å². The van der Waals surface area contributed by atoms with E-state index in [1.165, 1.54) is 0 Å². The van der Waals surface area contributed by atoms with Gasteiger partial charge >= 0.3 is 5.97 Å². The van der Waals surface area contributed by atoms with Crippen molar-refractivity contribution in [3.05, 3.63) is 51.8 Å². The van der Waals surface area contributed by atoms with Crippen molar-refractivity contribution < 1.29 is 19.1 Å². The molecule has 0 unspecified atom stereocenters. The van der Waals surface area contributed by atoms with Gasteiger partial charge in [0.1, 0.15) is 0 Å². The largest absolute Gasteiger partial charge is 0.461 e. The number of aryl methyl sites for hydroxylation is 1. The van der Waals surface area contributed by atoms with E-state index in [0.717, 1.165) is 62.3 Å². The Morgan fingerprint density at radius 1 is 1.21 bits per heavy atom. The van der Waals surface area contributed by atoms with Gasteiger partial charge < -0.3 is 14.8 Å². The molecular formula is C25H30ClN3O4. The molecule has 2 fully saturated rings. The summed E-state index contributed by atoms with van der Waals surface area (Å²) in [5.74, 6) is -0.359. The van der Waals surface area contributed by atoms with Crippen LogP contribution < -0.4 is 5.32 Å². The lowest BCUT2D eigenvalue weighted by molar-refractivity contribution is 0.0150. The van der Waals surface area contributed by atoms with Crippen molar-refractivity contribution >= 4 is 23.5 Å². The molecule has 1 saturated heterocycles. The van der Waals surface area contributed by atoms with E-state index in [0.29, 0.717) is 36.7 Å². The van der Waals surface area contributed by atoms with Crippen LogP contribution in [-0.2, 0) is 28.9 Å². The lowest BCUT2D eigenvalue weighted by Gasteiger charge is -2.36. The smallest absolute Gasteiger partial charge is 0.338 e. The number of nitrogens with zero attached hydrogens (tertiary/aromatic N) is 2. The number of nitrogens with one attached hydrogen (secondary N) is 1. The highest BCUT2D eigenvalue weighted by Gasteiger charge is 2.47. The summed E-state index contributed by atoms with van der Waals surface area (Å²) in [6, 6.07) is 6.73. The predicted molar refractivity (Wildman–Crippen MR) is 124 cm³/mol. The SMILES string of the molecule is CCc1nn(CC2(COC(=O)c3ccc(Cl)cc3)CC2)c2c1C(=O)NCC1(CCOCC1)C2. The molecule has 0 atom stereocenters. The van der Waals surface area contributed by atoms with Gasteiger partial charge in [0.05, 0.1) is 35.7 Å². The maximum absolute atomic E-state index is 13.0. The molecule has 5 rings (SSSR count). The van der Waals surface area contributed by atoms with Crippen molar-refractivity contribution in [2.45, 2.75) is 52.0 Å². The number of rotatable bonds is 6. The average molecular weight is 472 g/mol. The maximum Gasteiger partial charge on any atom is 0.338 e. The van der Waals surface area contributed by atoms with Gasteiger partial charge in [0.2, 0.25) is 0 Å². The van der Waals surface area contributed by atoms with E-state index in [-0.39, 0.29) is 22.7 Å². The number of esters is 1. The first-order valence-electron chi connectivity index (χ1n) is 11.8.